The smallest absolute Gasteiger partial charge is 0.756 e. The first-order valence-corrected chi connectivity index (χ1v) is 29.9. The molecule has 74 heavy (non-hydrogen) atoms. The first-order chi connectivity index (χ1) is 35.2. The third-order valence-corrected chi connectivity index (χ3v) is 14.6. The number of esters is 2. The number of rotatable bonds is 47. The zero-order valence-electron chi connectivity index (χ0n) is 45.7. The van der Waals surface area contributed by atoms with Crippen molar-refractivity contribution < 1.29 is 122 Å². The van der Waals surface area contributed by atoms with Gasteiger partial charge < -0.3 is 78.1 Å². The van der Waals surface area contributed by atoms with Crippen LogP contribution in [-0.4, -0.2) is 155 Å². The van der Waals surface area contributed by atoms with Crippen LogP contribution in [-0.2, 0) is 51.6 Å². The number of aliphatic hydroxyl groups excluding tert-OH is 7. The van der Waals surface area contributed by atoms with Crippen LogP contribution in [0.1, 0.15) is 219 Å². The predicted molar refractivity (Wildman–Crippen MR) is 272 cm³/mol. The molecule has 2 aliphatic heterocycles. The van der Waals surface area contributed by atoms with Crippen molar-refractivity contribution in [3.05, 3.63) is 0 Å². The van der Waals surface area contributed by atoms with E-state index in [0.717, 1.165) is 44.9 Å². The van der Waals surface area contributed by atoms with Gasteiger partial charge in [-0.05, 0) is 12.8 Å². The molecule has 0 saturated carbocycles. The Hall–Kier alpha value is -0.390. The molecule has 0 radical (unpaired) electrons. The van der Waals surface area contributed by atoms with Gasteiger partial charge in [0.25, 0.3) is 7.82 Å². The van der Waals surface area contributed by atoms with Crippen LogP contribution in [0.4, 0.5) is 0 Å². The topological polar surface area (TPSA) is 290 Å². The summed E-state index contributed by atoms with van der Waals surface area (Å²) in [5.74, 6) is -1.07. The third-order valence-electron chi connectivity index (χ3n) is 13.7. The van der Waals surface area contributed by atoms with Crippen LogP contribution in [0.2, 0.25) is 0 Å². The zero-order chi connectivity index (χ0) is 53.5. The van der Waals surface area contributed by atoms with E-state index in [4.69, 9.17) is 37.5 Å². The Morgan fingerprint density at radius 3 is 1.30 bits per heavy atom. The van der Waals surface area contributed by atoms with Gasteiger partial charge in [-0.25, -0.2) is 0 Å². The van der Waals surface area contributed by atoms with Gasteiger partial charge in [-0.3, -0.25) is 14.2 Å². The van der Waals surface area contributed by atoms with Crippen molar-refractivity contribution in [1.29, 1.82) is 0 Å². The van der Waals surface area contributed by atoms with Crippen molar-refractivity contribution in [3.63, 3.8) is 0 Å². The summed E-state index contributed by atoms with van der Waals surface area (Å²) in [5, 5.41) is 71.2. The summed E-state index contributed by atoms with van der Waals surface area (Å²) in [6, 6.07) is 0. The van der Waals surface area contributed by atoms with Crippen molar-refractivity contribution in [2.45, 2.75) is 287 Å². The average Bonchev–Trinajstić information content (AvgIpc) is 3.37. The maximum absolute atomic E-state index is 12.9. The summed E-state index contributed by atoms with van der Waals surface area (Å²) < 4.78 is 55.3. The van der Waals surface area contributed by atoms with E-state index in [1.807, 2.05) is 0 Å². The molecule has 0 spiro atoms. The Morgan fingerprint density at radius 1 is 0.486 bits per heavy atom. The molecule has 0 aromatic carbocycles. The van der Waals surface area contributed by atoms with Crippen LogP contribution in [0.3, 0.4) is 0 Å². The van der Waals surface area contributed by atoms with Crippen LogP contribution in [0, 0.1) is 0 Å². The van der Waals surface area contributed by atoms with E-state index < -0.39 is 127 Å². The summed E-state index contributed by atoms with van der Waals surface area (Å²) in [7, 11) is -5.07. The minimum Gasteiger partial charge on any atom is -0.756 e. The molecule has 7 N–H and O–H groups in total. The molecule has 21 heteroatoms. The van der Waals surface area contributed by atoms with Gasteiger partial charge >= 0.3 is 41.5 Å². The molecule has 19 nitrogen and oxygen atoms in total. The number of unbranched alkanes of at least 4 members (excludes halogenated alkanes) is 28. The van der Waals surface area contributed by atoms with Crippen LogP contribution in [0.25, 0.3) is 0 Å². The minimum atomic E-state index is -5.07. The van der Waals surface area contributed by atoms with Gasteiger partial charge in [0, 0.05) is 12.8 Å². The van der Waals surface area contributed by atoms with E-state index >= 15 is 0 Å². The first-order valence-electron chi connectivity index (χ1n) is 28.4. The van der Waals surface area contributed by atoms with Crippen LogP contribution in [0.5, 0.6) is 0 Å². The molecule has 0 aromatic heterocycles. The zero-order valence-corrected chi connectivity index (χ0v) is 48.6. The van der Waals surface area contributed by atoms with E-state index in [1.54, 1.807) is 0 Å². The summed E-state index contributed by atoms with van der Waals surface area (Å²) in [6.07, 6.45) is 18.2. The van der Waals surface area contributed by atoms with Crippen molar-refractivity contribution in [2.75, 3.05) is 39.6 Å². The van der Waals surface area contributed by atoms with Gasteiger partial charge in [0.05, 0.1) is 33.0 Å². The fourth-order valence-corrected chi connectivity index (χ4v) is 9.73. The molecule has 2 saturated heterocycles. The molecule has 2 heterocycles. The van der Waals surface area contributed by atoms with Crippen molar-refractivity contribution in [2.24, 2.45) is 0 Å². The minimum absolute atomic E-state index is 0. The monoisotopic (exact) mass is 1090 g/mol. The molecular formula is C53H100NaO19P. The number of phosphoric acid groups is 1. The number of hydrogen-bond donors (Lipinski definition) is 7. The molecular weight excluding hydrogens is 995 g/mol. The average molecular weight is 1100 g/mol. The Bertz CT molecular complexity index is 1400. The Morgan fingerprint density at radius 2 is 0.865 bits per heavy atom. The predicted octanol–water partition coefficient (Wildman–Crippen LogP) is 4.11. The summed E-state index contributed by atoms with van der Waals surface area (Å²) in [5.41, 5.74) is 0. The standard InChI is InChI=1S/C53H101O19P.Na/c1-3-5-7-9-11-13-15-17-19-21-23-25-27-29-31-33-44(55)66-38-41(70-45(56)34-32-30-28-26-24-22-20-18-16-14-12-10-8-6-4-2)39-69-73(63,64)68-36-35-65-52-50(61)49(60)47(58)43(72-52)40-67-53-51(62)48(59)46(57)42(37-54)71-53;/h41-43,46-54,57-62H,3-40H2,1-2H3,(H,63,64);/q;+1/p-1/t41-,42-,43-,46-,47-,48+,49+,50+,51+,52+,53+;/m1./s1. The van der Waals surface area contributed by atoms with Crippen LogP contribution < -0.4 is 34.5 Å². The second-order valence-corrected chi connectivity index (χ2v) is 21.6. The number of ether oxygens (including phenoxy) is 6. The number of carbonyl (C=O) groups is 2. The van der Waals surface area contributed by atoms with Gasteiger partial charge in [-0.1, -0.05) is 194 Å². The number of aliphatic hydroxyl groups is 7. The van der Waals surface area contributed by atoms with Gasteiger partial charge in [0.15, 0.2) is 18.7 Å². The van der Waals surface area contributed by atoms with E-state index in [9.17, 15) is 54.8 Å². The van der Waals surface area contributed by atoms with Gasteiger partial charge in [-0.15, -0.1) is 0 Å². The molecule has 12 atom stereocenters. The second-order valence-electron chi connectivity index (χ2n) is 20.2. The van der Waals surface area contributed by atoms with E-state index in [0.29, 0.717) is 12.8 Å². The maximum atomic E-state index is 12.9. The number of hydrogen-bond acceptors (Lipinski definition) is 19. The molecule has 2 fully saturated rings. The molecule has 2 aliphatic rings. The molecule has 0 aromatic rings. The van der Waals surface area contributed by atoms with Gasteiger partial charge in [-0.2, -0.15) is 0 Å². The molecule has 0 aliphatic carbocycles. The van der Waals surface area contributed by atoms with Gasteiger partial charge in [0.2, 0.25) is 0 Å². The fourth-order valence-electron chi connectivity index (χ4n) is 9.01. The normalized spacial score (nSPS) is 25.3. The first kappa shape index (κ1) is 71.6. The van der Waals surface area contributed by atoms with Crippen LogP contribution >= 0.6 is 7.82 Å². The van der Waals surface area contributed by atoms with Gasteiger partial charge in [0.1, 0.15) is 55.4 Å². The van der Waals surface area contributed by atoms with Crippen molar-refractivity contribution >= 4 is 19.8 Å². The van der Waals surface area contributed by atoms with Crippen LogP contribution in [0.15, 0.2) is 0 Å². The molecule has 432 valence electrons. The molecule has 1 unspecified atom stereocenters. The van der Waals surface area contributed by atoms with E-state index in [1.165, 1.54) is 135 Å². The summed E-state index contributed by atoms with van der Waals surface area (Å²) in [6.45, 7) is 0.876. The molecule has 0 bridgehead atoms. The van der Waals surface area contributed by atoms with E-state index in [2.05, 4.69) is 13.8 Å². The number of carbonyl (C=O) groups excluding carboxylic acids is 2. The quantitative estimate of drug-likeness (QED) is 0.0195. The third kappa shape index (κ3) is 33.3. The largest absolute Gasteiger partial charge is 1.00 e. The number of phosphoric ester groups is 1. The Balaban J connectivity index is 0.0000274. The van der Waals surface area contributed by atoms with Crippen molar-refractivity contribution in [1.82, 2.24) is 0 Å². The Kier molecular flexibility index (Phi) is 43.9. The molecule has 0 amide bonds. The van der Waals surface area contributed by atoms with Crippen molar-refractivity contribution in [3.8, 4) is 0 Å². The maximum Gasteiger partial charge on any atom is 1.00 e. The molecule has 2 rings (SSSR count). The Labute approximate surface area is 465 Å². The second kappa shape index (κ2) is 45.4. The fraction of sp³-hybridized carbons (Fsp3) is 0.962. The summed E-state index contributed by atoms with van der Waals surface area (Å²) in [4.78, 5) is 38.4. The SMILES string of the molecule is CCCCCCCCCCCCCCCCCC(=O)OC[C@H](COP(=O)([O-])OCCO[C@H]1O[C@H](CO[C@H]2O[C@H](CO)[C@@H](O)[C@H](O)[C@@H]2O)[C@@H](O)[C@H](O)[C@@H]1O)OC(=O)CCCCCCCCCCCCCCCCC.[Na+]. The van der Waals surface area contributed by atoms with E-state index in [-0.39, 0.29) is 42.4 Å². The summed E-state index contributed by atoms with van der Waals surface area (Å²) >= 11 is 0.